The average Bonchev–Trinajstić information content (AvgIpc) is 2.57. The van der Waals surface area contributed by atoms with Crippen LogP contribution in [0.1, 0.15) is 20.3 Å². The van der Waals surface area contributed by atoms with Gasteiger partial charge in [0.05, 0.1) is 0 Å². The maximum Gasteiger partial charge on any atom is 0.500 e. The molecular formula is C14H20F5NO3Si. The molecule has 24 heavy (non-hydrogen) atoms. The largest absolute Gasteiger partial charge is 0.500 e. The van der Waals surface area contributed by atoms with Gasteiger partial charge in [0.1, 0.15) is 5.69 Å². The van der Waals surface area contributed by atoms with Gasteiger partial charge in [-0.2, -0.15) is 0 Å². The lowest BCUT2D eigenvalue weighted by molar-refractivity contribution is 0.0864. The lowest BCUT2D eigenvalue weighted by Crippen LogP contribution is -2.45. The first-order chi connectivity index (χ1) is 11.3. The number of halogens is 5. The summed E-state index contributed by atoms with van der Waals surface area (Å²) in [6, 6.07) is 0.327. The molecule has 0 fully saturated rings. The molecule has 0 saturated carbocycles. The Kier molecular flexibility index (Phi) is 8.07. The van der Waals surface area contributed by atoms with Crippen LogP contribution < -0.4 is 5.32 Å². The van der Waals surface area contributed by atoms with Gasteiger partial charge in [-0.1, -0.05) is 0 Å². The van der Waals surface area contributed by atoms with Crippen molar-refractivity contribution in [3.05, 3.63) is 29.1 Å². The van der Waals surface area contributed by atoms with E-state index in [2.05, 4.69) is 5.32 Å². The fourth-order valence-corrected chi connectivity index (χ4v) is 4.43. The first kappa shape index (κ1) is 20.8. The summed E-state index contributed by atoms with van der Waals surface area (Å²) in [5.74, 6) is -9.94. The van der Waals surface area contributed by atoms with E-state index in [9.17, 15) is 22.0 Å². The summed E-state index contributed by atoms with van der Waals surface area (Å²) in [5.41, 5.74) is -1.05. The van der Waals surface area contributed by atoms with Gasteiger partial charge >= 0.3 is 8.80 Å². The molecule has 0 radical (unpaired) electrons. The standard InChI is InChI=1S/C14H20F5NO3Si/c1-4-22-24(21-3,23-5-2)8-6-7-20-14-12(18)10(16)9(15)11(17)13(14)19/h20H,4-8H2,1-3H3. The Morgan fingerprint density at radius 1 is 0.833 bits per heavy atom. The summed E-state index contributed by atoms with van der Waals surface area (Å²) in [5, 5.41) is 2.23. The van der Waals surface area contributed by atoms with Crippen molar-refractivity contribution in [3.63, 3.8) is 0 Å². The van der Waals surface area contributed by atoms with Crippen molar-refractivity contribution < 1.29 is 35.2 Å². The first-order valence-corrected chi connectivity index (χ1v) is 9.35. The smallest absolute Gasteiger partial charge is 0.380 e. The minimum Gasteiger partial charge on any atom is -0.380 e. The van der Waals surface area contributed by atoms with Gasteiger partial charge in [-0.25, -0.2) is 22.0 Å². The molecule has 0 aliphatic carbocycles. The van der Waals surface area contributed by atoms with E-state index in [1.165, 1.54) is 7.11 Å². The van der Waals surface area contributed by atoms with Crippen LogP contribution in [0.2, 0.25) is 6.04 Å². The summed E-state index contributed by atoms with van der Waals surface area (Å²) in [7, 11) is -1.46. The Morgan fingerprint density at radius 3 is 1.71 bits per heavy atom. The molecule has 0 aliphatic heterocycles. The van der Waals surface area contributed by atoms with Crippen molar-refractivity contribution in [1.29, 1.82) is 0 Å². The number of hydrogen-bond acceptors (Lipinski definition) is 4. The Labute approximate surface area is 138 Å². The third kappa shape index (κ3) is 4.65. The highest BCUT2D eigenvalue weighted by Gasteiger charge is 2.38. The fraction of sp³-hybridized carbons (Fsp3) is 0.571. The summed E-state index contributed by atoms with van der Waals surface area (Å²) >= 11 is 0. The number of benzene rings is 1. The predicted molar refractivity (Wildman–Crippen MR) is 80.2 cm³/mol. The average molecular weight is 373 g/mol. The summed E-state index contributed by atoms with van der Waals surface area (Å²) < 4.78 is 82.6. The molecule has 0 aliphatic rings. The molecule has 0 atom stereocenters. The van der Waals surface area contributed by atoms with E-state index in [-0.39, 0.29) is 6.54 Å². The van der Waals surface area contributed by atoms with Crippen molar-refractivity contribution in [2.45, 2.75) is 26.3 Å². The highest BCUT2D eigenvalue weighted by Crippen LogP contribution is 2.27. The normalized spacial score (nSPS) is 11.8. The highest BCUT2D eigenvalue weighted by atomic mass is 28.4. The summed E-state index contributed by atoms with van der Waals surface area (Å²) in [6.45, 7) is 4.23. The molecule has 10 heteroatoms. The molecule has 1 N–H and O–H groups in total. The summed E-state index contributed by atoms with van der Waals surface area (Å²) in [6.07, 6.45) is 0.291. The number of hydrogen-bond donors (Lipinski definition) is 1. The number of rotatable bonds is 10. The van der Waals surface area contributed by atoms with E-state index in [0.717, 1.165) is 0 Å². The molecule has 1 aromatic rings. The number of nitrogens with one attached hydrogen (secondary N) is 1. The molecular weight excluding hydrogens is 353 g/mol. The van der Waals surface area contributed by atoms with Gasteiger partial charge in [-0.15, -0.1) is 0 Å². The van der Waals surface area contributed by atoms with E-state index in [1.54, 1.807) is 13.8 Å². The van der Waals surface area contributed by atoms with Crippen molar-refractivity contribution in [2.24, 2.45) is 0 Å². The van der Waals surface area contributed by atoms with E-state index in [1.807, 2.05) is 0 Å². The highest BCUT2D eigenvalue weighted by molar-refractivity contribution is 6.60. The minimum absolute atomic E-state index is 0.0450. The minimum atomic E-state index is -2.90. The van der Waals surface area contributed by atoms with Crippen molar-refractivity contribution in [2.75, 3.05) is 32.2 Å². The van der Waals surface area contributed by atoms with E-state index >= 15 is 0 Å². The van der Waals surface area contributed by atoms with Crippen LogP contribution in [0.3, 0.4) is 0 Å². The molecule has 138 valence electrons. The number of anilines is 1. The SMILES string of the molecule is CCO[Si](CCCNc1c(F)c(F)c(F)c(F)c1F)(OC)OCC. The van der Waals surface area contributed by atoms with E-state index in [4.69, 9.17) is 13.3 Å². The second-order valence-corrected chi connectivity index (χ2v) is 7.58. The third-order valence-electron chi connectivity index (χ3n) is 3.21. The zero-order valence-electron chi connectivity index (χ0n) is 13.7. The van der Waals surface area contributed by atoms with Gasteiger partial charge in [0.15, 0.2) is 23.3 Å². The van der Waals surface area contributed by atoms with Crippen LogP contribution in [0.15, 0.2) is 0 Å². The Bertz CT molecular complexity index is 527. The van der Waals surface area contributed by atoms with Crippen LogP contribution in [0, 0.1) is 29.1 Å². The van der Waals surface area contributed by atoms with Crippen LogP contribution in [-0.4, -0.2) is 35.7 Å². The maximum atomic E-state index is 13.5. The lowest BCUT2D eigenvalue weighted by atomic mass is 10.2. The van der Waals surface area contributed by atoms with Gasteiger partial charge in [0, 0.05) is 32.9 Å². The van der Waals surface area contributed by atoms with Gasteiger partial charge in [0.2, 0.25) is 5.82 Å². The van der Waals surface area contributed by atoms with E-state index < -0.39 is 43.6 Å². The quantitative estimate of drug-likeness (QED) is 0.222. The summed E-state index contributed by atoms with van der Waals surface area (Å²) in [4.78, 5) is 0. The monoisotopic (exact) mass is 373 g/mol. The molecule has 0 aromatic heterocycles. The van der Waals surface area contributed by atoms with Gasteiger partial charge in [-0.3, -0.25) is 0 Å². The molecule has 0 unspecified atom stereocenters. The van der Waals surface area contributed by atoms with Gasteiger partial charge < -0.3 is 18.6 Å². The Hall–Kier alpha value is -1.23. The van der Waals surface area contributed by atoms with Crippen LogP contribution in [0.25, 0.3) is 0 Å². The molecule has 0 saturated heterocycles. The van der Waals surface area contributed by atoms with Gasteiger partial charge in [-0.05, 0) is 20.3 Å². The molecule has 0 spiro atoms. The van der Waals surface area contributed by atoms with Crippen LogP contribution in [0.5, 0.6) is 0 Å². The predicted octanol–water partition coefficient (Wildman–Crippen LogP) is 3.84. The fourth-order valence-electron chi connectivity index (χ4n) is 2.12. The molecule has 4 nitrogen and oxygen atoms in total. The second-order valence-electron chi connectivity index (χ2n) is 4.73. The lowest BCUT2D eigenvalue weighted by Gasteiger charge is -2.27. The topological polar surface area (TPSA) is 39.7 Å². The first-order valence-electron chi connectivity index (χ1n) is 7.41. The zero-order valence-corrected chi connectivity index (χ0v) is 14.7. The molecule has 0 amide bonds. The van der Waals surface area contributed by atoms with Crippen LogP contribution in [-0.2, 0) is 13.3 Å². The molecule has 1 aromatic carbocycles. The van der Waals surface area contributed by atoms with Crippen molar-refractivity contribution in [1.82, 2.24) is 0 Å². The molecule has 0 heterocycles. The Morgan fingerprint density at radius 2 is 1.29 bits per heavy atom. The van der Waals surface area contributed by atoms with Gasteiger partial charge in [0.25, 0.3) is 0 Å². The second kappa shape index (κ2) is 9.30. The maximum absolute atomic E-state index is 13.5. The van der Waals surface area contributed by atoms with Crippen LogP contribution >= 0.6 is 0 Å². The van der Waals surface area contributed by atoms with Crippen molar-refractivity contribution in [3.8, 4) is 0 Å². The van der Waals surface area contributed by atoms with Crippen molar-refractivity contribution >= 4 is 14.5 Å². The Balaban J connectivity index is 2.74. The third-order valence-corrected chi connectivity index (χ3v) is 6.26. The van der Waals surface area contributed by atoms with E-state index in [0.29, 0.717) is 25.7 Å². The zero-order chi connectivity index (χ0) is 18.3. The molecule has 0 bridgehead atoms. The molecule has 1 rings (SSSR count). The van der Waals surface area contributed by atoms with Crippen LogP contribution in [0.4, 0.5) is 27.6 Å².